The molecule has 3 rings (SSSR count). The van der Waals surface area contributed by atoms with E-state index >= 15 is 0 Å². The lowest BCUT2D eigenvalue weighted by atomic mass is 9.79. The van der Waals surface area contributed by atoms with Crippen molar-refractivity contribution in [3.63, 3.8) is 0 Å². The zero-order valence-electron chi connectivity index (χ0n) is 17.7. The van der Waals surface area contributed by atoms with Gasteiger partial charge < -0.3 is 10.6 Å². The summed E-state index contributed by atoms with van der Waals surface area (Å²) < 4.78 is 22.8. The Balaban J connectivity index is 0.00000320. The molecule has 5 nitrogen and oxygen atoms in total. The first-order valence-corrected chi connectivity index (χ1v) is 12.2. The quantitative estimate of drug-likeness (QED) is 0.316. The third-order valence-electron chi connectivity index (χ3n) is 5.68. The predicted molar refractivity (Wildman–Crippen MR) is 135 cm³/mol. The van der Waals surface area contributed by atoms with Crippen LogP contribution in [0.1, 0.15) is 42.4 Å². The van der Waals surface area contributed by atoms with Gasteiger partial charge in [-0.15, -0.1) is 24.0 Å². The van der Waals surface area contributed by atoms with E-state index in [1.807, 2.05) is 24.3 Å². The predicted octanol–water partition coefficient (Wildman–Crippen LogP) is 4.03. The Bertz CT molecular complexity index is 923. The molecule has 7 heteroatoms. The van der Waals surface area contributed by atoms with Crippen LogP contribution in [0.5, 0.6) is 0 Å². The summed E-state index contributed by atoms with van der Waals surface area (Å²) in [6.45, 7) is 1.50. The van der Waals surface area contributed by atoms with Gasteiger partial charge in [0.1, 0.15) is 0 Å². The van der Waals surface area contributed by atoms with Crippen LogP contribution < -0.4 is 10.6 Å². The van der Waals surface area contributed by atoms with Crippen molar-refractivity contribution in [1.29, 1.82) is 0 Å². The number of nitrogens with zero attached hydrogens (tertiary/aromatic N) is 1. The van der Waals surface area contributed by atoms with Crippen molar-refractivity contribution in [1.82, 2.24) is 10.6 Å². The van der Waals surface area contributed by atoms with E-state index in [0.717, 1.165) is 23.6 Å². The second-order valence-corrected chi connectivity index (χ2v) is 10.2. The first-order chi connectivity index (χ1) is 13.9. The zero-order valence-corrected chi connectivity index (χ0v) is 20.9. The van der Waals surface area contributed by atoms with Crippen molar-refractivity contribution in [3.8, 4) is 0 Å². The summed E-state index contributed by atoms with van der Waals surface area (Å²) >= 11 is 0. The van der Waals surface area contributed by atoms with Crippen LogP contribution in [0.4, 0.5) is 0 Å². The van der Waals surface area contributed by atoms with Crippen LogP contribution in [0.15, 0.2) is 59.6 Å². The molecular weight excluding hydrogens is 509 g/mol. The highest BCUT2D eigenvalue weighted by atomic mass is 127. The van der Waals surface area contributed by atoms with Crippen LogP contribution in [0.3, 0.4) is 0 Å². The van der Waals surface area contributed by atoms with Gasteiger partial charge in [-0.1, -0.05) is 67.4 Å². The molecule has 2 aromatic rings. The van der Waals surface area contributed by atoms with Gasteiger partial charge in [-0.25, -0.2) is 8.42 Å². The fraction of sp³-hybridized carbons (Fsp3) is 0.435. The molecule has 164 valence electrons. The fourth-order valence-corrected chi connectivity index (χ4v) is 4.92. The minimum absolute atomic E-state index is 0. The van der Waals surface area contributed by atoms with Gasteiger partial charge in [-0.2, -0.15) is 0 Å². The summed E-state index contributed by atoms with van der Waals surface area (Å²) in [4.78, 5) is 4.37. The maximum atomic E-state index is 11.4. The van der Waals surface area contributed by atoms with E-state index in [4.69, 9.17) is 0 Å². The highest BCUT2D eigenvalue weighted by Crippen LogP contribution is 2.40. The molecule has 1 fully saturated rings. The third kappa shape index (κ3) is 6.97. The van der Waals surface area contributed by atoms with Gasteiger partial charge in [0.15, 0.2) is 15.8 Å². The molecule has 1 saturated carbocycles. The molecule has 0 amide bonds. The van der Waals surface area contributed by atoms with Crippen LogP contribution in [-0.4, -0.2) is 34.2 Å². The van der Waals surface area contributed by atoms with Crippen LogP contribution in [0.2, 0.25) is 0 Å². The average molecular weight is 541 g/mol. The highest BCUT2D eigenvalue weighted by Gasteiger charge is 2.35. The largest absolute Gasteiger partial charge is 0.356 e. The Labute approximate surface area is 197 Å². The van der Waals surface area contributed by atoms with Crippen molar-refractivity contribution in [2.24, 2.45) is 4.99 Å². The molecule has 1 aliphatic rings. The number of sulfone groups is 1. The zero-order chi connectivity index (χ0) is 20.7. The van der Waals surface area contributed by atoms with E-state index in [0.29, 0.717) is 6.54 Å². The number of guanidine groups is 1. The third-order valence-corrected chi connectivity index (χ3v) is 6.53. The standard InChI is InChI=1S/C23H31N3O2S.HI/c1-24-22(25-16-19-10-12-20(13-11-19)17-29(2,27)28)26-18-23(14-6-7-15-23)21-8-4-3-5-9-21;/h3-5,8-13H,6-7,14-18H2,1-2H3,(H2,24,25,26);1H. The number of hydrogen-bond donors (Lipinski definition) is 2. The molecule has 2 N–H and O–H groups in total. The first-order valence-electron chi connectivity index (χ1n) is 10.2. The van der Waals surface area contributed by atoms with Crippen molar-refractivity contribution < 1.29 is 8.42 Å². The number of aliphatic imine (C=N–C) groups is 1. The molecular formula is C23H32IN3O2S. The molecule has 0 saturated heterocycles. The molecule has 0 radical (unpaired) electrons. The van der Waals surface area contributed by atoms with E-state index in [2.05, 4.69) is 46.0 Å². The van der Waals surface area contributed by atoms with E-state index in [-0.39, 0.29) is 35.1 Å². The fourth-order valence-electron chi connectivity index (χ4n) is 4.13. The Morgan fingerprint density at radius 3 is 2.13 bits per heavy atom. The van der Waals surface area contributed by atoms with Gasteiger partial charge in [0, 0.05) is 31.8 Å². The lowest BCUT2D eigenvalue weighted by Gasteiger charge is -2.30. The second-order valence-electron chi connectivity index (χ2n) is 8.02. The summed E-state index contributed by atoms with van der Waals surface area (Å²) in [5, 5.41) is 6.89. The lowest BCUT2D eigenvalue weighted by molar-refractivity contribution is 0.431. The molecule has 30 heavy (non-hydrogen) atoms. The summed E-state index contributed by atoms with van der Waals surface area (Å²) in [5.74, 6) is 0.860. The van der Waals surface area contributed by atoms with Crippen LogP contribution in [-0.2, 0) is 27.5 Å². The smallest absolute Gasteiger partial charge is 0.191 e. The number of halogens is 1. The molecule has 2 aromatic carbocycles. The maximum Gasteiger partial charge on any atom is 0.191 e. The summed E-state index contributed by atoms with van der Waals surface area (Å²) in [5.41, 5.74) is 3.47. The minimum atomic E-state index is -3.01. The molecule has 0 unspecified atom stereocenters. The summed E-state index contributed by atoms with van der Waals surface area (Å²) in [7, 11) is -1.22. The topological polar surface area (TPSA) is 70.6 Å². The van der Waals surface area contributed by atoms with Crippen LogP contribution in [0.25, 0.3) is 0 Å². The molecule has 0 atom stereocenters. The molecule has 0 bridgehead atoms. The normalized spacial score (nSPS) is 16.0. The number of hydrogen-bond acceptors (Lipinski definition) is 3. The Morgan fingerprint density at radius 2 is 1.57 bits per heavy atom. The molecule has 0 aliphatic heterocycles. The van der Waals surface area contributed by atoms with Crippen molar-refractivity contribution in [3.05, 3.63) is 71.3 Å². The minimum Gasteiger partial charge on any atom is -0.356 e. The SMILES string of the molecule is CN=C(NCc1ccc(CS(C)(=O)=O)cc1)NCC1(c2ccccc2)CCCC1.I. The van der Waals surface area contributed by atoms with Gasteiger partial charge in [0.05, 0.1) is 5.75 Å². The Morgan fingerprint density at radius 1 is 0.967 bits per heavy atom. The average Bonchev–Trinajstić information content (AvgIpc) is 3.19. The van der Waals surface area contributed by atoms with Gasteiger partial charge in [0.2, 0.25) is 0 Å². The Kier molecular flexibility index (Phi) is 9.15. The van der Waals surface area contributed by atoms with Crippen molar-refractivity contribution in [2.45, 2.75) is 43.4 Å². The van der Waals surface area contributed by atoms with E-state index in [1.165, 1.54) is 37.5 Å². The molecule has 1 aliphatic carbocycles. The van der Waals surface area contributed by atoms with Crippen LogP contribution in [0, 0.1) is 0 Å². The van der Waals surface area contributed by atoms with Gasteiger partial charge in [-0.05, 0) is 29.5 Å². The van der Waals surface area contributed by atoms with E-state index < -0.39 is 9.84 Å². The lowest BCUT2D eigenvalue weighted by Crippen LogP contribution is -2.44. The van der Waals surface area contributed by atoms with E-state index in [9.17, 15) is 8.42 Å². The second kappa shape index (κ2) is 11.1. The first kappa shape index (κ1) is 24.7. The number of nitrogens with one attached hydrogen (secondary N) is 2. The van der Waals surface area contributed by atoms with E-state index in [1.54, 1.807) is 7.05 Å². The van der Waals surface area contributed by atoms with Gasteiger partial charge in [0.25, 0.3) is 0 Å². The Hall–Kier alpha value is -1.61. The summed E-state index contributed by atoms with van der Waals surface area (Å²) in [6, 6.07) is 18.5. The van der Waals surface area contributed by atoms with Gasteiger partial charge in [-0.3, -0.25) is 4.99 Å². The number of rotatable bonds is 7. The molecule has 0 heterocycles. The van der Waals surface area contributed by atoms with Crippen LogP contribution >= 0.6 is 24.0 Å². The maximum absolute atomic E-state index is 11.4. The van der Waals surface area contributed by atoms with Gasteiger partial charge >= 0.3 is 0 Å². The molecule has 0 aromatic heterocycles. The van der Waals surface area contributed by atoms with Crippen molar-refractivity contribution in [2.75, 3.05) is 19.8 Å². The number of benzene rings is 2. The molecule has 0 spiro atoms. The highest BCUT2D eigenvalue weighted by molar-refractivity contribution is 14.0. The summed E-state index contributed by atoms with van der Waals surface area (Å²) in [6.07, 6.45) is 6.18. The monoisotopic (exact) mass is 541 g/mol. The van der Waals surface area contributed by atoms with Crippen molar-refractivity contribution >= 4 is 39.8 Å².